The lowest BCUT2D eigenvalue weighted by Gasteiger charge is -2.28. The highest BCUT2D eigenvalue weighted by Gasteiger charge is 2.08. The third kappa shape index (κ3) is 13.5. The van der Waals surface area contributed by atoms with Crippen LogP contribution in [0.4, 0.5) is 0 Å². The fraction of sp³-hybridized carbons (Fsp3) is 0.933. The second kappa shape index (κ2) is 12.9. The fourth-order valence-electron chi connectivity index (χ4n) is 2.03. The highest BCUT2D eigenvalue weighted by molar-refractivity contribution is 5.66. The number of rotatable bonds is 8. The van der Waals surface area contributed by atoms with E-state index in [4.69, 9.17) is 5.11 Å². The molecule has 0 aliphatic heterocycles. The summed E-state index contributed by atoms with van der Waals surface area (Å²) in [7, 11) is 0. The van der Waals surface area contributed by atoms with E-state index in [1.807, 2.05) is 0 Å². The first-order valence-electron chi connectivity index (χ1n) is 7.34. The number of hydrogen-bond acceptors (Lipinski definition) is 2. The molecule has 0 spiro atoms. The van der Waals surface area contributed by atoms with Gasteiger partial charge in [0.2, 0.25) is 0 Å². The zero-order valence-corrected chi connectivity index (χ0v) is 13.2. The predicted molar refractivity (Wildman–Crippen MR) is 79.0 cm³/mol. The summed E-state index contributed by atoms with van der Waals surface area (Å²) in [5.74, 6) is -0.675. The van der Waals surface area contributed by atoms with Crippen LogP contribution < -0.4 is 0 Å². The van der Waals surface area contributed by atoms with Gasteiger partial charge in [-0.05, 0) is 40.7 Å². The molecule has 0 saturated heterocycles. The van der Waals surface area contributed by atoms with Crippen LogP contribution in [0.15, 0.2) is 0 Å². The second-order valence-corrected chi connectivity index (χ2v) is 5.22. The Balaban J connectivity index is 0. The minimum atomic E-state index is -0.675. The van der Waals surface area contributed by atoms with Gasteiger partial charge >= 0.3 is 5.97 Å². The van der Waals surface area contributed by atoms with E-state index in [2.05, 4.69) is 46.4 Å². The lowest BCUT2D eigenvalue weighted by molar-refractivity contribution is -0.137. The maximum absolute atomic E-state index is 9.96. The molecule has 1 N–H and O–H groups in total. The van der Waals surface area contributed by atoms with Crippen molar-refractivity contribution >= 4 is 5.97 Å². The molecule has 0 atom stereocenters. The van der Waals surface area contributed by atoms with E-state index in [0.717, 1.165) is 25.8 Å². The Labute approximate surface area is 114 Å². The molecule has 0 saturated carbocycles. The van der Waals surface area contributed by atoms with Crippen LogP contribution in [0.25, 0.3) is 0 Å². The van der Waals surface area contributed by atoms with Crippen LogP contribution in [0.5, 0.6) is 0 Å². The molecule has 0 unspecified atom stereocenters. The van der Waals surface area contributed by atoms with E-state index < -0.39 is 5.97 Å². The van der Waals surface area contributed by atoms with Crippen LogP contribution in [0, 0.1) is 0 Å². The Kier molecular flexibility index (Phi) is 14.1. The molecule has 0 radical (unpaired) electrons. The Morgan fingerprint density at radius 1 is 1.00 bits per heavy atom. The van der Waals surface area contributed by atoms with E-state index in [-0.39, 0.29) is 0 Å². The summed E-state index contributed by atoms with van der Waals surface area (Å²) in [6.45, 7) is 14.4. The van der Waals surface area contributed by atoms with Gasteiger partial charge in [0.15, 0.2) is 0 Å². The first-order valence-corrected chi connectivity index (χ1v) is 7.34. The molecule has 0 bridgehead atoms. The lowest BCUT2D eigenvalue weighted by atomic mass is 10.2. The summed E-state index contributed by atoms with van der Waals surface area (Å²) in [4.78, 5) is 12.4. The number of carbonyl (C=O) groups is 1. The number of unbranched alkanes of at least 4 members (excludes halogenated alkanes) is 3. The molecule has 0 amide bonds. The number of hydrogen-bond donors (Lipinski definition) is 1. The summed E-state index contributed by atoms with van der Waals surface area (Å²) < 4.78 is 0. The maximum atomic E-state index is 9.96. The van der Waals surface area contributed by atoms with Crippen molar-refractivity contribution in [2.75, 3.05) is 6.54 Å². The number of aliphatic carboxylic acids is 1. The molecule has 0 aliphatic carbocycles. The molecule has 0 aromatic rings. The highest BCUT2D eigenvalue weighted by Crippen LogP contribution is 2.02. The van der Waals surface area contributed by atoms with Crippen LogP contribution in [0.3, 0.4) is 0 Å². The molecule has 0 aliphatic rings. The van der Waals surface area contributed by atoms with E-state index in [1.54, 1.807) is 0 Å². The summed E-state index contributed by atoms with van der Waals surface area (Å²) in [6.07, 6.45) is 4.55. The van der Waals surface area contributed by atoms with Gasteiger partial charge in [0.25, 0.3) is 0 Å². The van der Waals surface area contributed by atoms with Crippen molar-refractivity contribution in [3.63, 3.8) is 0 Å². The lowest BCUT2D eigenvalue weighted by Crippen LogP contribution is -2.36. The van der Waals surface area contributed by atoms with Gasteiger partial charge < -0.3 is 5.11 Å². The second-order valence-electron chi connectivity index (χ2n) is 5.22. The molecule has 3 nitrogen and oxygen atoms in total. The summed E-state index contributed by atoms with van der Waals surface area (Å²) in [5.41, 5.74) is 0. The van der Waals surface area contributed by atoms with E-state index >= 15 is 0 Å². The third-order valence-electron chi connectivity index (χ3n) is 2.94. The number of carboxylic acids is 1. The summed E-state index contributed by atoms with van der Waals surface area (Å²) >= 11 is 0. The molecule has 0 aromatic carbocycles. The molecular formula is C15H33NO2. The number of nitrogens with zero attached hydrogens (tertiary/aromatic N) is 1. The Hall–Kier alpha value is -0.570. The SMILES string of the molecule is CCCCCCC(=O)O.CCN(C(C)C)C(C)C. The normalized spacial score (nSPS) is 10.7. The quantitative estimate of drug-likeness (QED) is 0.665. The van der Waals surface area contributed by atoms with Crippen molar-refractivity contribution in [2.45, 2.75) is 85.7 Å². The van der Waals surface area contributed by atoms with Crippen LogP contribution in [-0.2, 0) is 4.79 Å². The van der Waals surface area contributed by atoms with E-state index in [1.165, 1.54) is 6.42 Å². The van der Waals surface area contributed by atoms with Crippen molar-refractivity contribution < 1.29 is 9.90 Å². The molecule has 18 heavy (non-hydrogen) atoms. The summed E-state index contributed by atoms with van der Waals surface area (Å²) in [5, 5.41) is 8.21. The molecule has 0 aromatic heterocycles. The largest absolute Gasteiger partial charge is 0.481 e. The molecule has 0 heterocycles. The highest BCUT2D eigenvalue weighted by atomic mass is 16.4. The predicted octanol–water partition coefficient (Wildman–Crippen LogP) is 4.17. The van der Waals surface area contributed by atoms with E-state index in [0.29, 0.717) is 18.5 Å². The average Bonchev–Trinajstić information content (AvgIpc) is 2.25. The first-order chi connectivity index (χ1) is 8.36. The van der Waals surface area contributed by atoms with Gasteiger partial charge in [-0.2, -0.15) is 0 Å². The minimum Gasteiger partial charge on any atom is -0.481 e. The smallest absolute Gasteiger partial charge is 0.303 e. The standard InChI is InChI=1S/C8H19N.C7H14O2/c1-6-9(7(2)3)8(4)5;1-2-3-4-5-6-7(8)9/h7-8H,6H2,1-5H3;2-6H2,1H3,(H,8,9). The Bertz CT molecular complexity index is 183. The fourth-order valence-corrected chi connectivity index (χ4v) is 2.03. The molecule has 3 heteroatoms. The van der Waals surface area contributed by atoms with Crippen LogP contribution in [0.2, 0.25) is 0 Å². The van der Waals surface area contributed by atoms with Gasteiger partial charge in [0.05, 0.1) is 0 Å². The Morgan fingerprint density at radius 2 is 1.50 bits per heavy atom. The monoisotopic (exact) mass is 259 g/mol. The van der Waals surface area contributed by atoms with Gasteiger partial charge in [-0.15, -0.1) is 0 Å². The van der Waals surface area contributed by atoms with E-state index in [9.17, 15) is 4.79 Å². The Morgan fingerprint density at radius 3 is 1.72 bits per heavy atom. The number of carboxylic acid groups (broad SMARTS) is 1. The van der Waals surface area contributed by atoms with Crippen molar-refractivity contribution in [2.24, 2.45) is 0 Å². The first kappa shape index (κ1) is 19.8. The third-order valence-corrected chi connectivity index (χ3v) is 2.94. The van der Waals surface area contributed by atoms with Gasteiger partial charge in [0, 0.05) is 18.5 Å². The van der Waals surface area contributed by atoms with Gasteiger partial charge in [-0.3, -0.25) is 9.69 Å². The zero-order valence-electron chi connectivity index (χ0n) is 13.2. The van der Waals surface area contributed by atoms with Crippen LogP contribution in [-0.4, -0.2) is 34.6 Å². The van der Waals surface area contributed by atoms with Gasteiger partial charge in [-0.1, -0.05) is 33.1 Å². The van der Waals surface area contributed by atoms with Crippen LogP contribution in [0.1, 0.15) is 73.6 Å². The van der Waals surface area contributed by atoms with Crippen molar-refractivity contribution in [3.05, 3.63) is 0 Å². The van der Waals surface area contributed by atoms with Gasteiger partial charge in [-0.25, -0.2) is 0 Å². The minimum absolute atomic E-state index is 0.333. The molecular weight excluding hydrogens is 226 g/mol. The zero-order chi connectivity index (χ0) is 14.6. The maximum Gasteiger partial charge on any atom is 0.303 e. The van der Waals surface area contributed by atoms with Crippen molar-refractivity contribution in [1.29, 1.82) is 0 Å². The van der Waals surface area contributed by atoms with Crippen LogP contribution >= 0.6 is 0 Å². The van der Waals surface area contributed by atoms with Gasteiger partial charge in [0.1, 0.15) is 0 Å². The van der Waals surface area contributed by atoms with Crippen molar-refractivity contribution in [1.82, 2.24) is 4.90 Å². The molecule has 0 rings (SSSR count). The van der Waals surface area contributed by atoms with Crippen molar-refractivity contribution in [3.8, 4) is 0 Å². The summed E-state index contributed by atoms with van der Waals surface area (Å²) in [6, 6.07) is 1.38. The topological polar surface area (TPSA) is 40.5 Å². The molecule has 110 valence electrons. The molecule has 0 fully saturated rings. The average molecular weight is 259 g/mol.